The number of rotatable bonds is 6. The van der Waals surface area contributed by atoms with Gasteiger partial charge < -0.3 is 14.7 Å². The molecule has 1 atom stereocenters. The van der Waals surface area contributed by atoms with Crippen molar-refractivity contribution in [2.45, 2.75) is 26.4 Å². The molecule has 1 N–H and O–H groups in total. The van der Waals surface area contributed by atoms with E-state index in [9.17, 15) is 14.7 Å². The third-order valence-corrected chi connectivity index (χ3v) is 6.36. The molecule has 6 nitrogen and oxygen atoms in total. The van der Waals surface area contributed by atoms with Crippen molar-refractivity contribution in [1.82, 2.24) is 9.88 Å². The number of carbonyl (C=O) groups excluding carboxylic acids is 2. The molecule has 0 aliphatic carbocycles. The predicted molar refractivity (Wildman–Crippen MR) is 118 cm³/mol. The summed E-state index contributed by atoms with van der Waals surface area (Å²) in [6.45, 7) is 3.82. The molecule has 7 heteroatoms. The molecule has 0 radical (unpaired) electrons. The number of para-hydroxylation sites is 1. The Labute approximate surface area is 184 Å². The van der Waals surface area contributed by atoms with Gasteiger partial charge in [0, 0.05) is 12.1 Å². The minimum Gasteiger partial charge on any atom is -0.503 e. The van der Waals surface area contributed by atoms with Crippen molar-refractivity contribution in [3.63, 3.8) is 0 Å². The van der Waals surface area contributed by atoms with Crippen molar-refractivity contribution >= 4 is 23.0 Å². The van der Waals surface area contributed by atoms with Crippen LogP contribution in [-0.4, -0.2) is 33.8 Å². The molecule has 1 unspecified atom stereocenters. The van der Waals surface area contributed by atoms with Crippen LogP contribution in [0.4, 0.5) is 0 Å². The van der Waals surface area contributed by atoms with Gasteiger partial charge in [-0.05, 0) is 25.5 Å². The molecular formula is C24H22N2O4S. The molecule has 1 aliphatic heterocycles. The van der Waals surface area contributed by atoms with Gasteiger partial charge in [-0.25, -0.2) is 4.98 Å². The van der Waals surface area contributed by atoms with E-state index in [1.165, 1.54) is 16.2 Å². The van der Waals surface area contributed by atoms with Gasteiger partial charge in [0.25, 0.3) is 5.91 Å². The number of nitrogens with zero attached hydrogens (tertiary/aromatic N) is 2. The largest absolute Gasteiger partial charge is 0.503 e. The van der Waals surface area contributed by atoms with Gasteiger partial charge in [0.05, 0.1) is 34.3 Å². The molecular weight excluding hydrogens is 412 g/mol. The number of methoxy groups -OCH3 is 1. The van der Waals surface area contributed by atoms with Crippen LogP contribution >= 0.6 is 11.3 Å². The fourth-order valence-corrected chi connectivity index (χ4v) is 4.78. The molecule has 158 valence electrons. The number of aliphatic hydroxyl groups is 1. The van der Waals surface area contributed by atoms with Gasteiger partial charge in [0.1, 0.15) is 5.75 Å². The fraction of sp³-hybridized carbons (Fsp3) is 0.208. The van der Waals surface area contributed by atoms with E-state index in [0.717, 1.165) is 10.6 Å². The second kappa shape index (κ2) is 8.35. The van der Waals surface area contributed by atoms with E-state index in [-0.39, 0.29) is 17.9 Å². The van der Waals surface area contributed by atoms with Crippen LogP contribution in [0.25, 0.3) is 0 Å². The quantitative estimate of drug-likeness (QED) is 0.576. The van der Waals surface area contributed by atoms with Crippen molar-refractivity contribution < 1.29 is 19.4 Å². The molecule has 31 heavy (non-hydrogen) atoms. The van der Waals surface area contributed by atoms with E-state index in [2.05, 4.69) is 4.98 Å². The lowest BCUT2D eigenvalue weighted by Gasteiger charge is -2.28. The first kappa shape index (κ1) is 20.8. The van der Waals surface area contributed by atoms with Crippen LogP contribution in [0, 0.1) is 13.8 Å². The van der Waals surface area contributed by atoms with E-state index in [1.54, 1.807) is 20.1 Å². The molecule has 2 aromatic carbocycles. The summed E-state index contributed by atoms with van der Waals surface area (Å²) < 4.78 is 5.53. The summed E-state index contributed by atoms with van der Waals surface area (Å²) in [5, 5.41) is 11.6. The van der Waals surface area contributed by atoms with Crippen LogP contribution in [0.2, 0.25) is 0 Å². The van der Waals surface area contributed by atoms with Crippen LogP contribution in [0.5, 0.6) is 5.75 Å². The molecule has 3 aromatic rings. The van der Waals surface area contributed by atoms with Crippen molar-refractivity contribution in [2.75, 3.05) is 7.11 Å². The number of ketones is 1. The van der Waals surface area contributed by atoms with Gasteiger partial charge in [-0.1, -0.05) is 48.5 Å². The Bertz CT molecular complexity index is 1180. The number of thiazole rings is 1. The van der Waals surface area contributed by atoms with Crippen molar-refractivity contribution in [2.24, 2.45) is 0 Å². The molecule has 0 saturated heterocycles. The number of Topliss-reactive ketones (excluding diaryl/α,β-unsaturated/α-hetero) is 1. The van der Waals surface area contributed by atoms with E-state index in [1.807, 2.05) is 55.5 Å². The maximum atomic E-state index is 13.6. The highest BCUT2D eigenvalue weighted by Crippen LogP contribution is 2.43. The summed E-state index contributed by atoms with van der Waals surface area (Å²) in [4.78, 5) is 33.0. The summed E-state index contributed by atoms with van der Waals surface area (Å²) in [5.41, 5.74) is 2.17. The summed E-state index contributed by atoms with van der Waals surface area (Å²) >= 11 is 1.26. The molecule has 0 saturated carbocycles. The van der Waals surface area contributed by atoms with E-state index < -0.39 is 17.7 Å². The standard InChI is InChI=1S/C24H22N2O4S/c1-14-23(31-15(2)25-14)21(27)19-20(17-11-7-8-12-18(17)30-3)26(24(29)22(19)28)13-16-9-5-4-6-10-16/h4-12,20,28H,13H2,1-3H3. The number of hydrogen-bond acceptors (Lipinski definition) is 6. The second-order valence-corrected chi connectivity index (χ2v) is 8.51. The van der Waals surface area contributed by atoms with Gasteiger partial charge >= 0.3 is 0 Å². The molecule has 0 bridgehead atoms. The molecule has 1 aliphatic rings. The summed E-state index contributed by atoms with van der Waals surface area (Å²) in [5.74, 6) is -0.958. The second-order valence-electron chi connectivity index (χ2n) is 7.30. The third-order valence-electron chi connectivity index (χ3n) is 5.29. The highest BCUT2D eigenvalue weighted by molar-refractivity contribution is 7.14. The SMILES string of the molecule is COc1ccccc1C1C(C(=O)c2sc(C)nc2C)=C(O)C(=O)N1Cc1ccccc1. The molecule has 2 heterocycles. The summed E-state index contributed by atoms with van der Waals surface area (Å²) in [7, 11) is 1.54. The third kappa shape index (κ3) is 3.72. The number of hydrogen-bond donors (Lipinski definition) is 1. The van der Waals surface area contributed by atoms with Crippen molar-refractivity contribution in [3.8, 4) is 5.75 Å². The van der Waals surface area contributed by atoms with Crippen LogP contribution in [0.1, 0.15) is 37.5 Å². The number of aryl methyl sites for hydroxylation is 2. The lowest BCUT2D eigenvalue weighted by atomic mass is 9.94. The topological polar surface area (TPSA) is 79.7 Å². The Morgan fingerprint density at radius 2 is 1.81 bits per heavy atom. The zero-order chi connectivity index (χ0) is 22.1. The van der Waals surface area contributed by atoms with Gasteiger partial charge in [0.2, 0.25) is 5.78 Å². The molecule has 0 fully saturated rings. The monoisotopic (exact) mass is 434 g/mol. The first-order valence-corrected chi connectivity index (χ1v) is 10.6. The minimum absolute atomic E-state index is 0.0529. The first-order chi connectivity index (χ1) is 14.9. The Morgan fingerprint density at radius 3 is 2.45 bits per heavy atom. The zero-order valence-electron chi connectivity index (χ0n) is 17.5. The fourth-order valence-electron chi connectivity index (χ4n) is 3.91. The zero-order valence-corrected chi connectivity index (χ0v) is 18.3. The molecule has 1 aromatic heterocycles. The maximum Gasteiger partial charge on any atom is 0.290 e. The van der Waals surface area contributed by atoms with Crippen LogP contribution in [0.3, 0.4) is 0 Å². The molecule has 0 spiro atoms. The summed E-state index contributed by atoms with van der Waals surface area (Å²) in [6.07, 6.45) is 0. The number of benzene rings is 2. The first-order valence-electron chi connectivity index (χ1n) is 9.82. The number of amides is 1. The van der Waals surface area contributed by atoms with Gasteiger partial charge in [-0.2, -0.15) is 0 Å². The Kier molecular flexibility index (Phi) is 5.61. The minimum atomic E-state index is -0.779. The average Bonchev–Trinajstić information content (AvgIpc) is 3.24. The lowest BCUT2D eigenvalue weighted by molar-refractivity contribution is -0.130. The number of ether oxygens (including phenoxy) is 1. The summed E-state index contributed by atoms with van der Waals surface area (Å²) in [6, 6.07) is 15.9. The van der Waals surface area contributed by atoms with Crippen LogP contribution in [0.15, 0.2) is 65.9 Å². The Morgan fingerprint density at radius 1 is 1.13 bits per heavy atom. The molecule has 4 rings (SSSR count). The number of aromatic nitrogens is 1. The molecule has 1 amide bonds. The lowest BCUT2D eigenvalue weighted by Crippen LogP contribution is -2.31. The van der Waals surface area contributed by atoms with E-state index in [4.69, 9.17) is 4.74 Å². The number of carbonyl (C=O) groups is 2. The maximum absolute atomic E-state index is 13.6. The Hall–Kier alpha value is -3.45. The normalized spacial score (nSPS) is 16.2. The predicted octanol–water partition coefficient (Wildman–Crippen LogP) is 4.55. The number of aliphatic hydroxyl groups excluding tert-OH is 1. The van der Waals surface area contributed by atoms with Crippen LogP contribution < -0.4 is 4.74 Å². The van der Waals surface area contributed by atoms with E-state index >= 15 is 0 Å². The highest BCUT2D eigenvalue weighted by Gasteiger charge is 2.45. The van der Waals surface area contributed by atoms with Gasteiger partial charge in [-0.15, -0.1) is 11.3 Å². The van der Waals surface area contributed by atoms with Gasteiger partial charge in [0.15, 0.2) is 5.76 Å². The van der Waals surface area contributed by atoms with Crippen molar-refractivity contribution in [1.29, 1.82) is 0 Å². The van der Waals surface area contributed by atoms with E-state index in [0.29, 0.717) is 21.9 Å². The van der Waals surface area contributed by atoms with Gasteiger partial charge in [-0.3, -0.25) is 9.59 Å². The highest BCUT2D eigenvalue weighted by atomic mass is 32.1. The van der Waals surface area contributed by atoms with Crippen LogP contribution in [-0.2, 0) is 11.3 Å². The smallest absolute Gasteiger partial charge is 0.290 e. The Balaban J connectivity index is 1.86. The average molecular weight is 435 g/mol. The van der Waals surface area contributed by atoms with Crippen molar-refractivity contribution in [3.05, 3.63) is 92.6 Å².